The van der Waals surface area contributed by atoms with Crippen LogP contribution in [0.25, 0.3) is 0 Å². The summed E-state index contributed by atoms with van der Waals surface area (Å²) in [6.07, 6.45) is 0. The zero-order valence-corrected chi connectivity index (χ0v) is 8.18. The Kier molecular flexibility index (Phi) is 2.85. The molecule has 0 saturated heterocycles. The quantitative estimate of drug-likeness (QED) is 0.718. The highest BCUT2D eigenvalue weighted by molar-refractivity contribution is 8.06. The smallest absolute Gasteiger partial charge is 0.375 e. The summed E-state index contributed by atoms with van der Waals surface area (Å²) in [6, 6.07) is 6.95. The molecule has 0 aromatic heterocycles. The molecule has 1 aromatic rings. The van der Waals surface area contributed by atoms with E-state index in [9.17, 15) is 0 Å². The van der Waals surface area contributed by atoms with E-state index in [0.717, 1.165) is 5.56 Å². The van der Waals surface area contributed by atoms with Gasteiger partial charge in [-0.1, -0.05) is 12.1 Å². The molecular weight excluding hydrogens is 195 g/mol. The van der Waals surface area contributed by atoms with Gasteiger partial charge in [-0.05, 0) is 24.6 Å². The van der Waals surface area contributed by atoms with Crippen molar-refractivity contribution in [1.82, 2.24) is 0 Å². The third-order valence-corrected chi connectivity index (χ3v) is 1.89. The Labute approximate surface area is 75.9 Å². The normalized spacial score (nSPS) is 11.2. The molecule has 0 radical (unpaired) electrons. The molecule has 0 amide bonds. The zero-order chi connectivity index (χ0) is 9.19. The largest absolute Gasteiger partial charge is 0.424 e. The first kappa shape index (κ1) is 9.68. The molecule has 1 rings (SSSR count). The van der Waals surface area contributed by atoms with Crippen LogP contribution in [0.5, 0.6) is 5.75 Å². The van der Waals surface area contributed by atoms with Gasteiger partial charge in [-0.25, -0.2) is 0 Å². The highest BCUT2D eigenvalue weighted by atomic mass is 32.5. The summed E-state index contributed by atoms with van der Waals surface area (Å²) in [5, 5.41) is 0. The molecule has 0 aliphatic carbocycles. The lowest BCUT2D eigenvalue weighted by atomic mass is 10.2. The van der Waals surface area contributed by atoms with Crippen LogP contribution in [0.2, 0.25) is 0 Å². The van der Waals surface area contributed by atoms with E-state index in [2.05, 4.69) is 11.8 Å². The highest BCUT2D eigenvalue weighted by Crippen LogP contribution is 2.37. The fourth-order valence-electron chi connectivity index (χ4n) is 0.809. The molecule has 0 fully saturated rings. The van der Waals surface area contributed by atoms with Gasteiger partial charge in [0.05, 0.1) is 0 Å². The molecule has 0 atom stereocenters. The van der Waals surface area contributed by atoms with Crippen LogP contribution in [0.4, 0.5) is 0 Å². The van der Waals surface area contributed by atoms with Crippen molar-refractivity contribution in [3.05, 3.63) is 29.8 Å². The second kappa shape index (κ2) is 3.54. The van der Waals surface area contributed by atoms with Crippen molar-refractivity contribution in [3.63, 3.8) is 0 Å². The lowest BCUT2D eigenvalue weighted by Gasteiger charge is -2.09. The summed E-state index contributed by atoms with van der Waals surface area (Å²) < 4.78 is 4.72. The van der Waals surface area contributed by atoms with Crippen molar-refractivity contribution >= 4 is 18.5 Å². The maximum absolute atomic E-state index is 8.82. The molecule has 1 aromatic carbocycles. The second-order valence-electron chi connectivity index (χ2n) is 2.40. The first-order chi connectivity index (χ1) is 5.47. The minimum absolute atomic E-state index is 0.392. The third-order valence-electron chi connectivity index (χ3n) is 1.21. The zero-order valence-electron chi connectivity index (χ0n) is 6.47. The monoisotopic (exact) mass is 204 g/mol. The molecule has 0 saturated carbocycles. The van der Waals surface area contributed by atoms with E-state index in [4.69, 9.17) is 14.3 Å². The molecule has 0 aliphatic rings. The van der Waals surface area contributed by atoms with Gasteiger partial charge < -0.3 is 14.3 Å². The number of benzene rings is 1. The van der Waals surface area contributed by atoms with E-state index in [1.165, 1.54) is 0 Å². The molecule has 12 heavy (non-hydrogen) atoms. The van der Waals surface area contributed by atoms with E-state index in [0.29, 0.717) is 5.75 Å². The minimum Gasteiger partial charge on any atom is -0.424 e. The predicted octanol–water partition coefficient (Wildman–Crippen LogP) is 1.58. The maximum Gasteiger partial charge on any atom is 0.375 e. The number of hydrogen-bond acceptors (Lipinski definition) is 2. The Morgan fingerprint density at radius 2 is 2.08 bits per heavy atom. The first-order valence-electron chi connectivity index (χ1n) is 3.29. The molecule has 0 bridgehead atoms. The fraction of sp³-hybridized carbons (Fsp3) is 0.143. The van der Waals surface area contributed by atoms with E-state index in [1.807, 2.05) is 13.0 Å². The Balaban J connectivity index is 2.84. The van der Waals surface area contributed by atoms with Crippen molar-refractivity contribution < 1.29 is 14.3 Å². The van der Waals surface area contributed by atoms with Crippen LogP contribution in [0, 0.1) is 6.92 Å². The van der Waals surface area contributed by atoms with Crippen LogP contribution in [-0.2, 0) is 11.8 Å². The highest BCUT2D eigenvalue weighted by Gasteiger charge is 2.09. The Morgan fingerprint density at radius 1 is 1.42 bits per heavy atom. The van der Waals surface area contributed by atoms with Crippen LogP contribution < -0.4 is 4.52 Å². The van der Waals surface area contributed by atoms with Crippen molar-refractivity contribution in [3.8, 4) is 5.75 Å². The molecule has 2 N–H and O–H groups in total. The van der Waals surface area contributed by atoms with Gasteiger partial charge in [-0.15, -0.1) is 0 Å². The average Bonchev–Trinajstić information content (AvgIpc) is 1.82. The molecule has 3 nitrogen and oxygen atoms in total. The number of hydrogen-bond donors (Lipinski definition) is 2. The molecule has 5 heteroatoms. The van der Waals surface area contributed by atoms with Crippen molar-refractivity contribution in [2.75, 3.05) is 0 Å². The van der Waals surface area contributed by atoms with Gasteiger partial charge in [0.1, 0.15) is 5.75 Å². The SMILES string of the molecule is Cc1cccc(OP(O)(O)=S)c1. The Morgan fingerprint density at radius 3 is 2.58 bits per heavy atom. The number of aryl methyl sites for hydroxylation is 1. The third kappa shape index (κ3) is 3.32. The molecule has 0 spiro atoms. The van der Waals surface area contributed by atoms with Crippen molar-refractivity contribution in [1.29, 1.82) is 0 Å². The minimum atomic E-state index is -3.57. The van der Waals surface area contributed by atoms with Gasteiger partial charge in [0.2, 0.25) is 0 Å². The lowest BCUT2D eigenvalue weighted by molar-refractivity contribution is 0.370. The number of rotatable bonds is 2. The van der Waals surface area contributed by atoms with E-state index in [1.54, 1.807) is 18.2 Å². The summed E-state index contributed by atoms with van der Waals surface area (Å²) in [7, 11) is 0. The van der Waals surface area contributed by atoms with Gasteiger partial charge in [0.25, 0.3) is 0 Å². The molecular formula is C7H9O3PS. The Bertz CT molecular complexity index is 320. The first-order valence-corrected chi connectivity index (χ1v) is 5.92. The van der Waals surface area contributed by atoms with E-state index >= 15 is 0 Å². The van der Waals surface area contributed by atoms with Gasteiger partial charge in [-0.3, -0.25) is 0 Å². The summed E-state index contributed by atoms with van der Waals surface area (Å²) in [6.45, 7) is -1.69. The molecule has 0 aliphatic heterocycles. The van der Waals surface area contributed by atoms with Crippen molar-refractivity contribution in [2.45, 2.75) is 6.92 Å². The van der Waals surface area contributed by atoms with Gasteiger partial charge in [0.15, 0.2) is 0 Å². The van der Waals surface area contributed by atoms with E-state index < -0.39 is 6.72 Å². The molecule has 0 heterocycles. The maximum atomic E-state index is 8.82. The summed E-state index contributed by atoms with van der Waals surface area (Å²) >= 11 is 4.31. The molecule has 0 unspecified atom stereocenters. The van der Waals surface area contributed by atoms with Crippen LogP contribution in [0.15, 0.2) is 24.3 Å². The lowest BCUT2D eigenvalue weighted by Crippen LogP contribution is -1.89. The van der Waals surface area contributed by atoms with Crippen molar-refractivity contribution in [2.24, 2.45) is 0 Å². The van der Waals surface area contributed by atoms with Crippen LogP contribution in [0.1, 0.15) is 5.56 Å². The van der Waals surface area contributed by atoms with Crippen LogP contribution in [0.3, 0.4) is 0 Å². The second-order valence-corrected chi connectivity index (χ2v) is 4.99. The molecule has 66 valence electrons. The fourth-order valence-corrected chi connectivity index (χ4v) is 1.46. The van der Waals surface area contributed by atoms with Gasteiger partial charge in [0, 0.05) is 11.8 Å². The van der Waals surface area contributed by atoms with Gasteiger partial charge in [-0.2, -0.15) is 0 Å². The van der Waals surface area contributed by atoms with Crippen LogP contribution in [-0.4, -0.2) is 9.79 Å². The Hall–Kier alpha value is -0.410. The summed E-state index contributed by atoms with van der Waals surface area (Å²) in [5.74, 6) is 0.392. The average molecular weight is 204 g/mol. The topological polar surface area (TPSA) is 49.7 Å². The van der Waals surface area contributed by atoms with E-state index in [-0.39, 0.29) is 0 Å². The predicted molar refractivity (Wildman–Crippen MR) is 50.5 cm³/mol. The standard InChI is InChI=1S/C7H9O3PS/c1-6-3-2-4-7(5-6)10-11(8,9)12/h2-5H,1H3,(H2,8,9,12). The van der Waals surface area contributed by atoms with Crippen LogP contribution >= 0.6 is 6.72 Å². The summed E-state index contributed by atoms with van der Waals surface area (Å²) in [4.78, 5) is 17.6. The van der Waals surface area contributed by atoms with Gasteiger partial charge >= 0.3 is 6.72 Å². The summed E-state index contributed by atoms with van der Waals surface area (Å²) in [5.41, 5.74) is 0.982.